The normalized spacial score (nSPS) is 11.1. The maximum Gasteiger partial charge on any atom is 0.323 e. The van der Waals surface area contributed by atoms with E-state index in [1.807, 2.05) is 56.5 Å². The first-order chi connectivity index (χ1) is 15.7. The molecule has 0 aliphatic carbocycles. The molecule has 8 heteroatoms. The molecule has 0 saturated heterocycles. The molecule has 4 aromatic rings. The lowest BCUT2D eigenvalue weighted by Gasteiger charge is -2.11. The zero-order chi connectivity index (χ0) is 23.7. The standard InChI is InChI=1S/C25H26N6O2/c1-14(2)31-12-20(21-23(26)27-13-28-24(21)31)22(32)19-11-18(10-7-16(19)4)30-25(33)29-17-8-5-15(3)6-9-17/h5-14H,1-4H3,(H2,26,27,28)(H2,29,30,33). The zero-order valence-electron chi connectivity index (χ0n) is 19.0. The number of nitrogens with one attached hydrogen (secondary N) is 2. The minimum Gasteiger partial charge on any atom is -0.383 e. The van der Waals surface area contributed by atoms with E-state index >= 15 is 0 Å². The van der Waals surface area contributed by atoms with Crippen LogP contribution in [0, 0.1) is 13.8 Å². The lowest BCUT2D eigenvalue weighted by molar-refractivity contribution is 0.103. The van der Waals surface area contributed by atoms with E-state index in [1.165, 1.54) is 6.33 Å². The van der Waals surface area contributed by atoms with Crippen LogP contribution < -0.4 is 16.4 Å². The molecule has 2 amide bonds. The number of carbonyl (C=O) groups is 2. The van der Waals surface area contributed by atoms with Crippen LogP contribution in [0.2, 0.25) is 0 Å². The highest BCUT2D eigenvalue weighted by molar-refractivity contribution is 6.19. The van der Waals surface area contributed by atoms with E-state index in [9.17, 15) is 9.59 Å². The van der Waals surface area contributed by atoms with Crippen molar-refractivity contribution in [2.75, 3.05) is 16.4 Å². The number of benzene rings is 2. The van der Waals surface area contributed by atoms with Gasteiger partial charge in [-0.15, -0.1) is 0 Å². The Bertz CT molecular complexity index is 1360. The van der Waals surface area contributed by atoms with Crippen molar-refractivity contribution in [3.8, 4) is 0 Å². The molecule has 0 aliphatic heterocycles. The van der Waals surface area contributed by atoms with E-state index in [1.54, 1.807) is 24.4 Å². The van der Waals surface area contributed by atoms with Gasteiger partial charge in [-0.3, -0.25) is 4.79 Å². The summed E-state index contributed by atoms with van der Waals surface area (Å²) in [4.78, 5) is 34.5. The smallest absolute Gasteiger partial charge is 0.323 e. The molecule has 0 fully saturated rings. The molecule has 4 N–H and O–H groups in total. The molecule has 0 radical (unpaired) electrons. The summed E-state index contributed by atoms with van der Waals surface area (Å²) in [5, 5.41) is 6.12. The number of nitrogen functional groups attached to an aromatic ring is 1. The van der Waals surface area contributed by atoms with Gasteiger partial charge in [-0.25, -0.2) is 14.8 Å². The van der Waals surface area contributed by atoms with Gasteiger partial charge in [0.1, 0.15) is 17.8 Å². The van der Waals surface area contributed by atoms with E-state index in [2.05, 4.69) is 20.6 Å². The summed E-state index contributed by atoms with van der Waals surface area (Å²) in [6, 6.07) is 12.4. The van der Waals surface area contributed by atoms with Gasteiger partial charge in [0, 0.05) is 29.2 Å². The molecule has 0 atom stereocenters. The Morgan fingerprint density at radius 3 is 2.30 bits per heavy atom. The fourth-order valence-corrected chi connectivity index (χ4v) is 3.69. The van der Waals surface area contributed by atoms with E-state index in [0.29, 0.717) is 33.5 Å². The van der Waals surface area contributed by atoms with Crippen LogP contribution in [0.25, 0.3) is 11.0 Å². The predicted octanol–water partition coefficient (Wildman–Crippen LogP) is 5.09. The molecule has 0 bridgehead atoms. The van der Waals surface area contributed by atoms with Crippen molar-refractivity contribution in [3.05, 3.63) is 77.2 Å². The number of nitrogens with zero attached hydrogens (tertiary/aromatic N) is 3. The maximum atomic E-state index is 13.6. The number of anilines is 3. The van der Waals surface area contributed by atoms with Crippen molar-refractivity contribution < 1.29 is 9.59 Å². The van der Waals surface area contributed by atoms with Crippen LogP contribution in [0.3, 0.4) is 0 Å². The second kappa shape index (κ2) is 8.74. The molecule has 2 aromatic carbocycles. The van der Waals surface area contributed by atoms with Gasteiger partial charge in [-0.2, -0.15) is 0 Å². The average Bonchev–Trinajstić information content (AvgIpc) is 3.17. The van der Waals surface area contributed by atoms with E-state index in [4.69, 9.17) is 5.73 Å². The first kappa shape index (κ1) is 22.0. The number of rotatable bonds is 5. The van der Waals surface area contributed by atoms with Crippen LogP contribution in [0.5, 0.6) is 0 Å². The largest absolute Gasteiger partial charge is 0.383 e. The molecule has 33 heavy (non-hydrogen) atoms. The first-order valence-corrected chi connectivity index (χ1v) is 10.7. The fourth-order valence-electron chi connectivity index (χ4n) is 3.69. The summed E-state index contributed by atoms with van der Waals surface area (Å²) < 4.78 is 1.91. The molecule has 2 heterocycles. The molecule has 4 rings (SSSR count). The third-order valence-electron chi connectivity index (χ3n) is 5.49. The van der Waals surface area contributed by atoms with Gasteiger partial charge in [0.25, 0.3) is 0 Å². The zero-order valence-corrected chi connectivity index (χ0v) is 19.0. The van der Waals surface area contributed by atoms with Gasteiger partial charge >= 0.3 is 6.03 Å². The van der Waals surface area contributed by atoms with Crippen molar-refractivity contribution in [1.82, 2.24) is 14.5 Å². The van der Waals surface area contributed by atoms with Gasteiger partial charge in [0.05, 0.1) is 10.9 Å². The molecule has 168 valence electrons. The van der Waals surface area contributed by atoms with Gasteiger partial charge in [0.15, 0.2) is 5.78 Å². The molecule has 0 spiro atoms. The summed E-state index contributed by atoms with van der Waals surface area (Å²) in [5.41, 5.74) is 10.7. The molecule has 2 aromatic heterocycles. The van der Waals surface area contributed by atoms with E-state index in [0.717, 1.165) is 11.1 Å². The summed E-state index contributed by atoms with van der Waals surface area (Å²) in [5.74, 6) is 0.0492. The van der Waals surface area contributed by atoms with Crippen molar-refractivity contribution in [2.45, 2.75) is 33.7 Å². The van der Waals surface area contributed by atoms with Crippen molar-refractivity contribution >= 4 is 40.0 Å². The van der Waals surface area contributed by atoms with Crippen LogP contribution in [0.15, 0.2) is 55.0 Å². The highest BCUT2D eigenvalue weighted by atomic mass is 16.2. The predicted molar refractivity (Wildman–Crippen MR) is 131 cm³/mol. The number of aryl methyl sites for hydroxylation is 2. The third-order valence-corrected chi connectivity index (χ3v) is 5.49. The molecule has 8 nitrogen and oxygen atoms in total. The van der Waals surface area contributed by atoms with Gasteiger partial charge in [-0.1, -0.05) is 23.8 Å². The van der Waals surface area contributed by atoms with Crippen LogP contribution in [0.1, 0.15) is 46.9 Å². The lowest BCUT2D eigenvalue weighted by atomic mass is 9.98. The Balaban J connectivity index is 1.65. The number of amides is 2. The number of carbonyl (C=O) groups excluding carboxylic acids is 2. The van der Waals surface area contributed by atoms with Crippen molar-refractivity contribution in [2.24, 2.45) is 0 Å². The fraction of sp³-hybridized carbons (Fsp3) is 0.200. The van der Waals surface area contributed by atoms with Crippen LogP contribution in [-0.2, 0) is 0 Å². The number of nitrogens with two attached hydrogens (primary N) is 1. The molecule has 0 aliphatic rings. The minimum absolute atomic E-state index is 0.0860. The molecule has 0 unspecified atom stereocenters. The first-order valence-electron chi connectivity index (χ1n) is 10.7. The van der Waals surface area contributed by atoms with Gasteiger partial charge in [0.2, 0.25) is 0 Å². The average molecular weight is 443 g/mol. The number of hydrogen-bond donors (Lipinski definition) is 3. The summed E-state index contributed by atoms with van der Waals surface area (Å²) in [6.45, 7) is 7.85. The second-order valence-electron chi connectivity index (χ2n) is 8.31. The quantitative estimate of drug-likeness (QED) is 0.373. The van der Waals surface area contributed by atoms with E-state index < -0.39 is 6.03 Å². The summed E-state index contributed by atoms with van der Waals surface area (Å²) in [7, 11) is 0. The van der Waals surface area contributed by atoms with Crippen molar-refractivity contribution in [3.63, 3.8) is 0 Å². The van der Waals surface area contributed by atoms with Crippen LogP contribution in [-0.4, -0.2) is 26.3 Å². The lowest BCUT2D eigenvalue weighted by Crippen LogP contribution is -2.19. The number of hydrogen-bond acceptors (Lipinski definition) is 5. The minimum atomic E-state index is -0.393. The monoisotopic (exact) mass is 442 g/mol. The molecule has 0 saturated carbocycles. The Morgan fingerprint density at radius 1 is 0.939 bits per heavy atom. The van der Waals surface area contributed by atoms with Crippen molar-refractivity contribution in [1.29, 1.82) is 0 Å². The Kier molecular flexibility index (Phi) is 5.83. The van der Waals surface area contributed by atoms with Crippen LogP contribution >= 0.6 is 0 Å². The second-order valence-corrected chi connectivity index (χ2v) is 8.31. The molecular formula is C25H26N6O2. The summed E-state index contributed by atoms with van der Waals surface area (Å²) >= 11 is 0. The third kappa shape index (κ3) is 4.41. The number of aromatic nitrogens is 3. The highest BCUT2D eigenvalue weighted by Gasteiger charge is 2.22. The van der Waals surface area contributed by atoms with Crippen LogP contribution in [0.4, 0.5) is 22.0 Å². The summed E-state index contributed by atoms with van der Waals surface area (Å²) in [6.07, 6.45) is 3.17. The number of ketones is 1. The topological polar surface area (TPSA) is 115 Å². The Morgan fingerprint density at radius 2 is 1.61 bits per heavy atom. The molecular weight excluding hydrogens is 416 g/mol. The van der Waals surface area contributed by atoms with Gasteiger partial charge in [-0.05, 0) is 57.5 Å². The maximum absolute atomic E-state index is 13.6. The Hall–Kier alpha value is -4.20. The number of fused-ring (bicyclic) bond motifs is 1. The van der Waals surface area contributed by atoms with Gasteiger partial charge < -0.3 is 20.9 Å². The Labute approximate surface area is 191 Å². The number of urea groups is 1. The SMILES string of the molecule is Cc1ccc(NC(=O)Nc2ccc(C)c(C(=O)c3cn(C(C)C)c4ncnc(N)c34)c2)cc1. The van der Waals surface area contributed by atoms with E-state index in [-0.39, 0.29) is 17.6 Å². The highest BCUT2D eigenvalue weighted by Crippen LogP contribution is 2.30.